The van der Waals surface area contributed by atoms with Gasteiger partial charge in [0.25, 0.3) is 0 Å². The van der Waals surface area contributed by atoms with Crippen LogP contribution >= 0.6 is 35.3 Å². The lowest BCUT2D eigenvalue weighted by Crippen LogP contribution is -2.08. The highest BCUT2D eigenvalue weighted by Gasteiger charge is 2.26. The van der Waals surface area contributed by atoms with E-state index in [2.05, 4.69) is 92.5 Å². The minimum atomic E-state index is 0.124. The van der Waals surface area contributed by atoms with E-state index in [4.69, 9.17) is 14.2 Å². The number of benzene rings is 3. The number of ketones is 3. The van der Waals surface area contributed by atoms with Gasteiger partial charge in [-0.05, 0) is 181 Å². The first kappa shape index (κ1) is 85.5. The molecule has 0 N–H and O–H groups in total. The molecule has 9 heteroatoms. The summed E-state index contributed by atoms with van der Waals surface area (Å²) >= 11 is 6.47. The van der Waals surface area contributed by atoms with Crippen molar-refractivity contribution in [2.24, 2.45) is 0 Å². The largest absolute Gasteiger partial charge is 0.496 e. The third-order valence-electron chi connectivity index (χ3n) is 20.4. The quantitative estimate of drug-likeness (QED) is 0.0317. The van der Waals surface area contributed by atoms with Gasteiger partial charge < -0.3 is 14.2 Å². The molecule has 0 fully saturated rings. The number of hydrogen-bond donors (Lipinski definition) is 0. The molecule has 3 aromatic carbocycles. The van der Waals surface area contributed by atoms with Crippen molar-refractivity contribution in [3.63, 3.8) is 0 Å². The van der Waals surface area contributed by atoms with Crippen LogP contribution in [0, 0.1) is 0 Å². The second kappa shape index (κ2) is 58.7. The Morgan fingerprint density at radius 2 is 0.417 bits per heavy atom. The minimum Gasteiger partial charge on any atom is -0.496 e. The second-order valence-corrected chi connectivity index (χ2v) is 32.4. The lowest BCUT2D eigenvalue weighted by molar-refractivity contribution is 0.0967. The predicted molar refractivity (Wildman–Crippen MR) is 425 cm³/mol. The fourth-order valence-corrected chi connectivity index (χ4v) is 17.2. The first-order chi connectivity index (χ1) is 47.3. The smallest absolute Gasteiger partial charge is 0.166 e. The molecule has 0 bridgehead atoms. The molecule has 96 heavy (non-hydrogen) atoms. The van der Waals surface area contributed by atoms with E-state index in [9.17, 15) is 14.4 Å². The van der Waals surface area contributed by atoms with E-state index >= 15 is 0 Å². The van der Waals surface area contributed by atoms with Crippen molar-refractivity contribution in [3.8, 4) is 17.2 Å². The van der Waals surface area contributed by atoms with Gasteiger partial charge in [0.2, 0.25) is 0 Å². The van der Waals surface area contributed by atoms with E-state index in [1.54, 1.807) is 21.3 Å². The van der Waals surface area contributed by atoms with Gasteiger partial charge in [-0.25, -0.2) is 0 Å². The summed E-state index contributed by atoms with van der Waals surface area (Å²) in [6.07, 6.45) is 65.4. The summed E-state index contributed by atoms with van der Waals surface area (Å²) in [5.41, 5.74) is 8.31. The number of methoxy groups -OCH3 is 3. The molecule has 0 heterocycles. The zero-order valence-corrected chi connectivity index (χ0v) is 65.5. The Balaban J connectivity index is 1.35. The van der Waals surface area contributed by atoms with E-state index < -0.39 is 0 Å². The van der Waals surface area contributed by atoms with Gasteiger partial charge in [0.05, 0.1) is 38.0 Å². The third-order valence-corrected chi connectivity index (χ3v) is 23.8. The summed E-state index contributed by atoms with van der Waals surface area (Å²) in [6.45, 7) is 6.88. The normalized spacial score (nSPS) is 12.1. The number of unbranched alkanes of at least 4 members (excludes halogenated alkanes) is 42. The van der Waals surface area contributed by atoms with Crippen LogP contribution in [-0.2, 0) is 19.3 Å². The van der Waals surface area contributed by atoms with E-state index in [1.165, 1.54) is 285 Å². The van der Waals surface area contributed by atoms with Crippen LogP contribution in [0.4, 0.5) is 0 Å². The number of rotatable bonds is 66. The van der Waals surface area contributed by atoms with Crippen molar-refractivity contribution < 1.29 is 28.6 Å². The number of fused-ring (bicyclic) bond motifs is 3. The maximum atomic E-state index is 14.3. The lowest BCUT2D eigenvalue weighted by Gasteiger charge is -2.17. The van der Waals surface area contributed by atoms with Gasteiger partial charge in [-0.1, -0.05) is 271 Å². The molecule has 0 aromatic heterocycles. The number of carbonyl (C=O) groups excluding carboxylic acids is 3. The van der Waals surface area contributed by atoms with Crippen molar-refractivity contribution >= 4 is 52.6 Å². The molecule has 1 aliphatic carbocycles. The molecule has 0 aliphatic heterocycles. The fourth-order valence-electron chi connectivity index (χ4n) is 14.1. The number of Topliss-reactive ketones (excluding diaryl/α,β-unsaturated/α-hetero) is 3. The highest BCUT2D eigenvalue weighted by atomic mass is 32.2. The van der Waals surface area contributed by atoms with Crippen LogP contribution < -0.4 is 14.2 Å². The number of ether oxygens (including phenoxy) is 3. The molecule has 4 rings (SSSR count). The first-order valence-corrected chi connectivity index (χ1v) is 44.2. The standard InChI is InChI=1S/C87H144O6S3/c1-7-10-13-16-19-31-40-49-58-94-61-52-43-34-25-22-28-37-46-55-82(88)79-67-73-64-77-71-86(92-5)81(84(90)57-48-39-30-24-27-36-45-54-63-96-60-51-42-33-21-18-15-12-9-3)69-75(77)66-78-72-87(93-6)80(68-74(78)65-76(73)70-85(79)91-4)83(89)56-47-38-29-23-26-35-44-53-62-95-59-50-41-32-20-17-14-11-8-2/h67-72H,7-66H2,1-6H3. The van der Waals surface area contributed by atoms with Gasteiger partial charge in [-0.15, -0.1) is 0 Å². The molecule has 0 amide bonds. The minimum absolute atomic E-state index is 0.124. The van der Waals surface area contributed by atoms with Crippen LogP contribution in [0.15, 0.2) is 36.4 Å². The topological polar surface area (TPSA) is 78.9 Å². The lowest BCUT2D eigenvalue weighted by atomic mass is 9.89. The van der Waals surface area contributed by atoms with Gasteiger partial charge in [-0.3, -0.25) is 14.4 Å². The highest BCUT2D eigenvalue weighted by molar-refractivity contribution is 7.99. The number of carbonyl (C=O) groups is 3. The molecule has 0 spiro atoms. The Morgan fingerprint density at radius 1 is 0.250 bits per heavy atom. The van der Waals surface area contributed by atoms with E-state index in [1.807, 2.05) is 0 Å². The zero-order valence-electron chi connectivity index (χ0n) is 63.1. The SMILES string of the molecule is CCCCCCCCCCSCCCCCCCCCCC(=O)c1cc2c(cc1OC)Cc1cc(C(=O)CCCCCCCCCCSCCCCCCCCCC)c(OC)cc1Cc1cc(C(=O)CCCCCCCCCCSCCCCCCCCCC)c(OC)cc1C2. The van der Waals surface area contributed by atoms with Gasteiger partial charge in [-0.2, -0.15) is 35.3 Å². The Bertz CT molecular complexity index is 2190. The number of hydrogen-bond acceptors (Lipinski definition) is 9. The summed E-state index contributed by atoms with van der Waals surface area (Å²) < 4.78 is 18.3. The molecular formula is C87H144O6S3. The van der Waals surface area contributed by atoms with E-state index in [0.717, 1.165) is 91.2 Å². The maximum absolute atomic E-state index is 14.3. The monoisotopic (exact) mass is 1380 g/mol. The van der Waals surface area contributed by atoms with Crippen LogP contribution in [0.25, 0.3) is 0 Å². The Labute approximate surface area is 604 Å². The first-order valence-electron chi connectivity index (χ1n) is 40.7. The van der Waals surface area contributed by atoms with Crippen LogP contribution in [0.1, 0.15) is 413 Å². The predicted octanol–water partition coefficient (Wildman–Crippen LogP) is 27.5. The molecule has 0 atom stereocenters. The molecule has 0 saturated heterocycles. The van der Waals surface area contributed by atoms with Gasteiger partial charge >= 0.3 is 0 Å². The Kier molecular flexibility index (Phi) is 52.3. The van der Waals surface area contributed by atoms with Gasteiger partial charge in [0.1, 0.15) is 17.2 Å². The fraction of sp³-hybridized carbons (Fsp3) is 0.759. The van der Waals surface area contributed by atoms with Crippen molar-refractivity contribution in [2.45, 2.75) is 367 Å². The maximum Gasteiger partial charge on any atom is 0.166 e. The summed E-state index contributed by atoms with van der Waals surface area (Å²) in [5, 5.41) is 0. The van der Waals surface area contributed by atoms with Gasteiger partial charge in [0, 0.05) is 19.3 Å². The molecular weight excluding hydrogens is 1240 g/mol. The van der Waals surface area contributed by atoms with Gasteiger partial charge in [0.15, 0.2) is 17.3 Å². The summed E-state index contributed by atoms with van der Waals surface area (Å²) in [5.74, 6) is 10.1. The second-order valence-electron chi connectivity index (χ2n) is 28.8. The molecule has 6 nitrogen and oxygen atoms in total. The van der Waals surface area contributed by atoms with Crippen LogP contribution in [0.2, 0.25) is 0 Å². The van der Waals surface area contributed by atoms with Crippen LogP contribution in [-0.4, -0.2) is 73.2 Å². The van der Waals surface area contributed by atoms with Crippen LogP contribution in [0.3, 0.4) is 0 Å². The highest BCUT2D eigenvalue weighted by Crippen LogP contribution is 2.38. The summed E-state index contributed by atoms with van der Waals surface area (Å²) in [7, 11) is 5.04. The third kappa shape index (κ3) is 38.8. The molecule has 0 saturated carbocycles. The average Bonchev–Trinajstić information content (AvgIpc) is 1.40. The van der Waals surface area contributed by atoms with E-state index in [0.29, 0.717) is 72.5 Å². The van der Waals surface area contributed by atoms with E-state index in [-0.39, 0.29) is 17.3 Å². The Morgan fingerprint density at radius 3 is 0.604 bits per heavy atom. The van der Waals surface area contributed by atoms with Crippen molar-refractivity contribution in [3.05, 3.63) is 86.5 Å². The zero-order chi connectivity index (χ0) is 68.6. The molecule has 0 unspecified atom stereocenters. The average molecular weight is 1380 g/mol. The molecule has 1 aliphatic rings. The number of thioether (sulfide) groups is 3. The van der Waals surface area contributed by atoms with Crippen LogP contribution in [0.5, 0.6) is 17.2 Å². The van der Waals surface area contributed by atoms with Crippen molar-refractivity contribution in [1.29, 1.82) is 0 Å². The summed E-state index contributed by atoms with van der Waals surface area (Å²) in [6, 6.07) is 12.5. The summed E-state index contributed by atoms with van der Waals surface area (Å²) in [4.78, 5) is 43.0. The van der Waals surface area contributed by atoms with Crippen molar-refractivity contribution in [1.82, 2.24) is 0 Å². The molecule has 546 valence electrons. The molecule has 3 aromatic rings. The Hall–Kier alpha value is -2.88. The molecule has 0 radical (unpaired) electrons. The van der Waals surface area contributed by atoms with Crippen molar-refractivity contribution in [2.75, 3.05) is 55.8 Å².